The van der Waals surface area contributed by atoms with Crippen molar-refractivity contribution in [3.8, 4) is 11.3 Å². The molecule has 0 aliphatic carbocycles. The van der Waals surface area contributed by atoms with E-state index in [1.54, 1.807) is 12.4 Å². The highest BCUT2D eigenvalue weighted by Gasteiger charge is 2.24. The average Bonchev–Trinajstić information content (AvgIpc) is 2.67. The second-order valence-corrected chi connectivity index (χ2v) is 7.32. The Hall–Kier alpha value is -2.75. The zero-order chi connectivity index (χ0) is 18.1. The smallest absolute Gasteiger partial charge is 0.254 e. The number of carbonyl (C=O) groups excluding carboxylic acids is 1. The molecular weight excluding hydrogens is 322 g/mol. The molecule has 1 aliphatic heterocycles. The molecule has 0 bridgehead atoms. The highest BCUT2D eigenvalue weighted by atomic mass is 16.2. The van der Waals surface area contributed by atoms with Crippen molar-refractivity contribution in [1.29, 1.82) is 0 Å². The van der Waals surface area contributed by atoms with E-state index in [4.69, 9.17) is 4.98 Å². The van der Waals surface area contributed by atoms with Crippen LogP contribution >= 0.6 is 0 Å². The highest BCUT2D eigenvalue weighted by molar-refractivity contribution is 6.07. The number of hydrogen-bond donors (Lipinski definition) is 0. The third kappa shape index (κ3) is 3.19. The van der Waals surface area contributed by atoms with Crippen LogP contribution in [0.4, 0.5) is 0 Å². The van der Waals surface area contributed by atoms with E-state index in [2.05, 4.69) is 18.0 Å². The van der Waals surface area contributed by atoms with E-state index in [9.17, 15) is 4.79 Å². The number of nitrogens with zero attached hydrogens (tertiary/aromatic N) is 3. The van der Waals surface area contributed by atoms with E-state index >= 15 is 0 Å². The van der Waals surface area contributed by atoms with Gasteiger partial charge in [0.25, 0.3) is 5.91 Å². The summed E-state index contributed by atoms with van der Waals surface area (Å²) in [5.74, 6) is 0.667. The summed E-state index contributed by atoms with van der Waals surface area (Å²) in [7, 11) is 0. The minimum Gasteiger partial charge on any atom is -0.338 e. The van der Waals surface area contributed by atoms with Crippen molar-refractivity contribution in [1.82, 2.24) is 14.9 Å². The topological polar surface area (TPSA) is 46.1 Å². The van der Waals surface area contributed by atoms with E-state index < -0.39 is 0 Å². The minimum absolute atomic E-state index is 0.111. The minimum atomic E-state index is 0.111. The number of hydrogen-bond acceptors (Lipinski definition) is 3. The zero-order valence-corrected chi connectivity index (χ0v) is 15.3. The number of benzene rings is 1. The summed E-state index contributed by atoms with van der Waals surface area (Å²) in [5.41, 5.74) is 4.45. The molecule has 1 saturated heterocycles. The molecule has 4 nitrogen and oxygen atoms in total. The van der Waals surface area contributed by atoms with Crippen molar-refractivity contribution in [2.75, 3.05) is 13.1 Å². The van der Waals surface area contributed by atoms with Crippen molar-refractivity contribution in [2.45, 2.75) is 26.7 Å². The molecule has 1 unspecified atom stereocenters. The lowest BCUT2D eigenvalue weighted by molar-refractivity contribution is 0.0685. The Labute approximate surface area is 153 Å². The number of likely N-dealkylation sites (tertiary alicyclic amines) is 1. The lowest BCUT2D eigenvalue weighted by Gasteiger charge is -2.31. The van der Waals surface area contributed by atoms with Gasteiger partial charge < -0.3 is 4.90 Å². The summed E-state index contributed by atoms with van der Waals surface area (Å²) in [6, 6.07) is 11.9. The van der Waals surface area contributed by atoms with Gasteiger partial charge >= 0.3 is 0 Å². The molecule has 0 N–H and O–H groups in total. The van der Waals surface area contributed by atoms with Crippen LogP contribution in [0.2, 0.25) is 0 Å². The first-order chi connectivity index (χ1) is 12.6. The number of rotatable bonds is 2. The van der Waals surface area contributed by atoms with Crippen LogP contribution < -0.4 is 0 Å². The lowest BCUT2D eigenvalue weighted by Crippen LogP contribution is -2.39. The molecule has 132 valence electrons. The van der Waals surface area contributed by atoms with Crippen molar-refractivity contribution in [2.24, 2.45) is 5.92 Å². The van der Waals surface area contributed by atoms with Crippen molar-refractivity contribution in [3.63, 3.8) is 0 Å². The first-order valence-corrected chi connectivity index (χ1v) is 9.23. The molecule has 1 aliphatic rings. The summed E-state index contributed by atoms with van der Waals surface area (Å²) in [4.78, 5) is 24.3. The number of amides is 1. The number of piperidine rings is 1. The Balaban J connectivity index is 1.85. The maximum absolute atomic E-state index is 13.3. The van der Waals surface area contributed by atoms with E-state index in [1.807, 2.05) is 42.2 Å². The summed E-state index contributed by atoms with van der Waals surface area (Å²) >= 11 is 0. The predicted octanol–water partition coefficient (Wildman–Crippen LogP) is 4.48. The van der Waals surface area contributed by atoms with Crippen LogP contribution in [0.1, 0.15) is 35.7 Å². The van der Waals surface area contributed by atoms with Gasteiger partial charge in [0.15, 0.2) is 0 Å². The van der Waals surface area contributed by atoms with E-state index in [0.29, 0.717) is 5.92 Å². The van der Waals surface area contributed by atoms with Gasteiger partial charge in [0, 0.05) is 36.4 Å². The molecule has 1 aromatic carbocycles. The first-order valence-electron chi connectivity index (χ1n) is 9.23. The Bertz CT molecular complexity index is 952. The molecule has 1 fully saturated rings. The normalized spacial score (nSPS) is 17.5. The standard InChI is InChI=1S/C22H23N3O/c1-15-7-8-20-18(11-15)19(22(26)25-10-4-5-16(2)14-25)12-21(24-20)17-6-3-9-23-13-17/h3,6-9,11-13,16H,4-5,10,14H2,1-2H3. The second-order valence-electron chi connectivity index (χ2n) is 7.32. The SMILES string of the molecule is Cc1ccc2nc(-c3cccnc3)cc(C(=O)N3CCCC(C)C3)c2c1. The number of fused-ring (bicyclic) bond motifs is 1. The molecule has 0 saturated carbocycles. The molecule has 2 aromatic heterocycles. The van der Waals surface area contributed by atoms with Gasteiger partial charge in [-0.15, -0.1) is 0 Å². The monoisotopic (exact) mass is 345 g/mol. The third-order valence-electron chi connectivity index (χ3n) is 5.10. The van der Waals surface area contributed by atoms with E-state index in [0.717, 1.165) is 52.8 Å². The van der Waals surface area contributed by atoms with Crippen LogP contribution in [0.25, 0.3) is 22.2 Å². The molecule has 0 spiro atoms. The Morgan fingerprint density at radius 2 is 2.12 bits per heavy atom. The fraction of sp³-hybridized carbons (Fsp3) is 0.318. The first kappa shape index (κ1) is 16.7. The molecule has 26 heavy (non-hydrogen) atoms. The Morgan fingerprint density at radius 3 is 2.88 bits per heavy atom. The predicted molar refractivity (Wildman–Crippen MR) is 104 cm³/mol. The molecule has 3 aromatic rings. The van der Waals surface area contributed by atoms with Gasteiger partial charge in [-0.3, -0.25) is 9.78 Å². The highest BCUT2D eigenvalue weighted by Crippen LogP contribution is 2.27. The molecule has 1 atom stereocenters. The Kier molecular flexibility index (Phi) is 4.41. The van der Waals surface area contributed by atoms with Crippen molar-refractivity contribution < 1.29 is 4.79 Å². The lowest BCUT2D eigenvalue weighted by atomic mass is 9.97. The second kappa shape index (κ2) is 6.87. The number of carbonyl (C=O) groups is 1. The maximum atomic E-state index is 13.3. The molecular formula is C22H23N3O. The van der Waals surface area contributed by atoms with Crippen LogP contribution in [0.5, 0.6) is 0 Å². The average molecular weight is 345 g/mol. The summed E-state index contributed by atoms with van der Waals surface area (Å²) in [6.45, 7) is 5.93. The third-order valence-corrected chi connectivity index (χ3v) is 5.10. The van der Waals surface area contributed by atoms with Crippen molar-refractivity contribution in [3.05, 3.63) is 59.9 Å². The van der Waals surface area contributed by atoms with Gasteiger partial charge in [0.05, 0.1) is 16.8 Å². The molecule has 4 heteroatoms. The van der Waals surface area contributed by atoms with Crippen LogP contribution in [0.3, 0.4) is 0 Å². The van der Waals surface area contributed by atoms with Gasteiger partial charge in [0.1, 0.15) is 0 Å². The van der Waals surface area contributed by atoms with Crippen LogP contribution in [0, 0.1) is 12.8 Å². The fourth-order valence-electron chi connectivity index (χ4n) is 3.72. The number of aromatic nitrogens is 2. The maximum Gasteiger partial charge on any atom is 0.254 e. The molecule has 3 heterocycles. The van der Waals surface area contributed by atoms with Gasteiger partial charge in [-0.1, -0.05) is 18.6 Å². The van der Waals surface area contributed by atoms with Gasteiger partial charge in [-0.25, -0.2) is 4.98 Å². The van der Waals surface area contributed by atoms with Gasteiger partial charge in [0.2, 0.25) is 0 Å². The molecule has 0 radical (unpaired) electrons. The summed E-state index contributed by atoms with van der Waals surface area (Å²) < 4.78 is 0. The number of aryl methyl sites for hydroxylation is 1. The quantitative estimate of drug-likeness (QED) is 0.688. The number of pyridine rings is 2. The van der Waals surface area contributed by atoms with Gasteiger partial charge in [-0.2, -0.15) is 0 Å². The van der Waals surface area contributed by atoms with Crippen LogP contribution in [0.15, 0.2) is 48.8 Å². The Morgan fingerprint density at radius 1 is 1.23 bits per heavy atom. The summed E-state index contributed by atoms with van der Waals surface area (Å²) in [6.07, 6.45) is 5.81. The van der Waals surface area contributed by atoms with Crippen LogP contribution in [-0.2, 0) is 0 Å². The zero-order valence-electron chi connectivity index (χ0n) is 15.3. The summed E-state index contributed by atoms with van der Waals surface area (Å²) in [5, 5.41) is 0.931. The molecule has 1 amide bonds. The van der Waals surface area contributed by atoms with Crippen molar-refractivity contribution >= 4 is 16.8 Å². The van der Waals surface area contributed by atoms with Crippen LogP contribution in [-0.4, -0.2) is 33.9 Å². The molecule has 4 rings (SSSR count). The largest absolute Gasteiger partial charge is 0.338 e. The van der Waals surface area contributed by atoms with E-state index in [-0.39, 0.29) is 5.91 Å². The van der Waals surface area contributed by atoms with Gasteiger partial charge in [-0.05, 0) is 56.0 Å². The van der Waals surface area contributed by atoms with E-state index in [1.165, 1.54) is 6.42 Å². The fourth-order valence-corrected chi connectivity index (χ4v) is 3.72.